The number of ether oxygens (including phenoxy) is 2. The molecule has 0 bridgehead atoms. The van der Waals surface area contributed by atoms with E-state index in [9.17, 15) is 9.90 Å². The van der Waals surface area contributed by atoms with Crippen LogP contribution < -0.4 is 4.74 Å². The molecule has 1 aromatic rings. The van der Waals surface area contributed by atoms with E-state index < -0.39 is 5.97 Å². The highest BCUT2D eigenvalue weighted by Gasteiger charge is 2.16. The Hall–Kier alpha value is -0.510. The zero-order chi connectivity index (χ0) is 13.9. The van der Waals surface area contributed by atoms with Crippen LogP contribution in [0.4, 0.5) is 0 Å². The second-order valence-corrected chi connectivity index (χ2v) is 5.81. The molecule has 18 heavy (non-hydrogen) atoms. The van der Waals surface area contributed by atoms with E-state index >= 15 is 0 Å². The van der Waals surface area contributed by atoms with Gasteiger partial charge in [-0.2, -0.15) is 0 Å². The first kappa shape index (κ1) is 15.5. The Morgan fingerprint density at radius 3 is 2.61 bits per heavy atom. The Morgan fingerprint density at radius 1 is 1.50 bits per heavy atom. The minimum Gasteiger partial charge on any atom is -0.503 e. The third-order valence-corrected chi connectivity index (χ3v) is 4.14. The SMILES string of the molecule is C=C(C)C(=O)OCc1cc(I)c(O)c(OC)c1I. The first-order valence-electron chi connectivity index (χ1n) is 4.95. The largest absolute Gasteiger partial charge is 0.503 e. The van der Waals surface area contributed by atoms with Gasteiger partial charge in [0.15, 0.2) is 11.5 Å². The van der Waals surface area contributed by atoms with E-state index in [2.05, 4.69) is 6.58 Å². The molecule has 4 nitrogen and oxygen atoms in total. The van der Waals surface area contributed by atoms with Crippen molar-refractivity contribution in [1.82, 2.24) is 0 Å². The summed E-state index contributed by atoms with van der Waals surface area (Å²) in [7, 11) is 1.48. The molecule has 1 N–H and O–H groups in total. The minimum absolute atomic E-state index is 0.0949. The van der Waals surface area contributed by atoms with Gasteiger partial charge in [0.25, 0.3) is 0 Å². The molecule has 0 atom stereocenters. The molecule has 0 aliphatic rings. The number of rotatable bonds is 4. The predicted molar refractivity (Wildman–Crippen MR) is 84.7 cm³/mol. The Balaban J connectivity index is 3.00. The van der Waals surface area contributed by atoms with Crippen LogP contribution in [0.15, 0.2) is 18.2 Å². The van der Waals surface area contributed by atoms with E-state index in [1.165, 1.54) is 7.11 Å². The molecule has 98 valence electrons. The highest BCUT2D eigenvalue weighted by atomic mass is 127. The van der Waals surface area contributed by atoms with Gasteiger partial charge in [0, 0.05) is 11.1 Å². The van der Waals surface area contributed by atoms with Crippen molar-refractivity contribution in [2.45, 2.75) is 13.5 Å². The lowest BCUT2D eigenvalue weighted by Crippen LogP contribution is -2.06. The normalized spacial score (nSPS) is 10.0. The molecule has 1 aromatic carbocycles. The van der Waals surface area contributed by atoms with E-state index in [-0.39, 0.29) is 12.4 Å². The van der Waals surface area contributed by atoms with E-state index in [1.54, 1.807) is 13.0 Å². The standard InChI is InChI=1S/C12H12I2O4/c1-6(2)12(16)18-5-7-4-8(13)10(15)11(17-3)9(7)14/h4,15H,1,5H2,2-3H3. The maximum Gasteiger partial charge on any atom is 0.333 e. The lowest BCUT2D eigenvalue weighted by molar-refractivity contribution is -0.140. The number of hydrogen-bond acceptors (Lipinski definition) is 4. The van der Waals surface area contributed by atoms with Gasteiger partial charge in [-0.3, -0.25) is 0 Å². The smallest absolute Gasteiger partial charge is 0.333 e. The number of hydrogen-bond donors (Lipinski definition) is 1. The van der Waals surface area contributed by atoms with E-state index in [0.717, 1.165) is 9.13 Å². The number of aromatic hydroxyl groups is 1. The van der Waals surface area contributed by atoms with Crippen molar-refractivity contribution < 1.29 is 19.4 Å². The fourth-order valence-corrected chi connectivity index (χ4v) is 2.61. The summed E-state index contributed by atoms with van der Waals surface area (Å²) >= 11 is 4.04. The molecule has 1 rings (SSSR count). The Morgan fingerprint density at radius 2 is 2.11 bits per heavy atom. The number of methoxy groups -OCH3 is 1. The molecule has 0 radical (unpaired) electrons. The molecule has 0 spiro atoms. The Bertz CT molecular complexity index is 497. The fourth-order valence-electron chi connectivity index (χ4n) is 1.20. The van der Waals surface area contributed by atoms with Gasteiger partial charge in [0.1, 0.15) is 6.61 Å². The van der Waals surface area contributed by atoms with Gasteiger partial charge < -0.3 is 14.6 Å². The lowest BCUT2D eigenvalue weighted by atomic mass is 10.2. The molecule has 0 saturated heterocycles. The van der Waals surface area contributed by atoms with Crippen LogP contribution in [0.2, 0.25) is 0 Å². The number of benzene rings is 1. The Kier molecular flexibility index (Phi) is 5.70. The molecule has 0 fully saturated rings. The number of halogens is 2. The van der Waals surface area contributed by atoms with Crippen LogP contribution in [0.1, 0.15) is 12.5 Å². The van der Waals surface area contributed by atoms with Crippen LogP contribution in [0.5, 0.6) is 11.5 Å². The molecule has 0 aliphatic heterocycles. The molecular formula is C12H12I2O4. The van der Waals surface area contributed by atoms with Crippen molar-refractivity contribution in [3.8, 4) is 11.5 Å². The van der Waals surface area contributed by atoms with Crippen LogP contribution in [0.25, 0.3) is 0 Å². The zero-order valence-electron chi connectivity index (χ0n) is 9.92. The summed E-state index contributed by atoms with van der Waals surface area (Å²) in [5.74, 6) is 0.0502. The first-order valence-corrected chi connectivity index (χ1v) is 7.10. The molecule has 0 aliphatic carbocycles. The quantitative estimate of drug-likeness (QED) is 0.414. The van der Waals surface area contributed by atoms with Crippen LogP contribution in [0, 0.1) is 7.14 Å². The van der Waals surface area contributed by atoms with Crippen molar-refractivity contribution >= 4 is 51.2 Å². The van der Waals surface area contributed by atoms with Crippen LogP contribution in [0.3, 0.4) is 0 Å². The number of carbonyl (C=O) groups excluding carboxylic acids is 1. The second kappa shape index (κ2) is 6.60. The lowest BCUT2D eigenvalue weighted by Gasteiger charge is -2.13. The highest BCUT2D eigenvalue weighted by Crippen LogP contribution is 2.38. The summed E-state index contributed by atoms with van der Waals surface area (Å²) in [5.41, 5.74) is 1.13. The van der Waals surface area contributed by atoms with Gasteiger partial charge in [-0.15, -0.1) is 0 Å². The summed E-state index contributed by atoms with van der Waals surface area (Å²) in [6, 6.07) is 1.76. The molecule has 6 heteroatoms. The van der Waals surface area contributed by atoms with Crippen molar-refractivity contribution in [3.05, 3.63) is 30.9 Å². The van der Waals surface area contributed by atoms with Crippen molar-refractivity contribution in [1.29, 1.82) is 0 Å². The first-order chi connectivity index (χ1) is 8.38. The summed E-state index contributed by atoms with van der Waals surface area (Å²) in [4.78, 5) is 11.3. The highest BCUT2D eigenvalue weighted by molar-refractivity contribution is 14.1. The zero-order valence-corrected chi connectivity index (χ0v) is 14.2. The van der Waals surface area contributed by atoms with Gasteiger partial charge in [0.05, 0.1) is 14.3 Å². The average molecular weight is 474 g/mol. The van der Waals surface area contributed by atoms with E-state index in [0.29, 0.717) is 14.9 Å². The third-order valence-electron chi connectivity index (χ3n) is 2.13. The topological polar surface area (TPSA) is 55.8 Å². The van der Waals surface area contributed by atoms with Gasteiger partial charge in [-0.1, -0.05) is 6.58 Å². The summed E-state index contributed by atoms with van der Waals surface area (Å²) < 4.78 is 11.6. The average Bonchev–Trinajstić information content (AvgIpc) is 2.32. The van der Waals surface area contributed by atoms with Crippen molar-refractivity contribution in [2.24, 2.45) is 0 Å². The van der Waals surface area contributed by atoms with Crippen molar-refractivity contribution in [3.63, 3.8) is 0 Å². The Labute approximate surface area is 133 Å². The van der Waals surface area contributed by atoms with Crippen LogP contribution >= 0.6 is 45.2 Å². The van der Waals surface area contributed by atoms with Crippen LogP contribution in [-0.4, -0.2) is 18.2 Å². The summed E-state index contributed by atoms with van der Waals surface area (Å²) in [6.07, 6.45) is 0. The number of carbonyl (C=O) groups is 1. The summed E-state index contributed by atoms with van der Waals surface area (Å²) in [6.45, 7) is 5.23. The van der Waals surface area contributed by atoms with Gasteiger partial charge in [0.2, 0.25) is 0 Å². The molecule has 0 heterocycles. The molecule has 0 unspecified atom stereocenters. The van der Waals surface area contributed by atoms with Gasteiger partial charge in [-0.25, -0.2) is 4.79 Å². The maximum atomic E-state index is 11.3. The second-order valence-electron chi connectivity index (χ2n) is 3.57. The molecule has 0 amide bonds. The van der Waals surface area contributed by atoms with E-state index in [1.807, 2.05) is 45.2 Å². The summed E-state index contributed by atoms with van der Waals surface area (Å²) in [5, 5.41) is 9.81. The molecule has 0 saturated carbocycles. The fraction of sp³-hybridized carbons (Fsp3) is 0.250. The predicted octanol–water partition coefficient (Wildman–Crippen LogP) is 3.23. The monoisotopic (exact) mass is 474 g/mol. The minimum atomic E-state index is -0.437. The van der Waals surface area contributed by atoms with Gasteiger partial charge >= 0.3 is 5.97 Å². The number of esters is 1. The molecular weight excluding hydrogens is 462 g/mol. The number of phenolic OH excluding ortho intramolecular Hbond substituents is 1. The van der Waals surface area contributed by atoms with Gasteiger partial charge in [-0.05, 0) is 58.2 Å². The van der Waals surface area contributed by atoms with Crippen molar-refractivity contribution in [2.75, 3.05) is 7.11 Å². The maximum absolute atomic E-state index is 11.3. The third kappa shape index (κ3) is 3.50. The van der Waals surface area contributed by atoms with Crippen LogP contribution in [-0.2, 0) is 16.1 Å². The number of phenols is 1. The molecule has 0 aromatic heterocycles. The van der Waals surface area contributed by atoms with E-state index in [4.69, 9.17) is 9.47 Å².